The SMILES string of the molecule is CNC(=O)N1CCc2c(c(N(C)c3cc(OC)c(C)cn3)nn2C2CCOCC2)C1. The van der Waals surface area contributed by atoms with Gasteiger partial charge in [-0.25, -0.2) is 9.78 Å². The van der Waals surface area contributed by atoms with Crippen LogP contribution in [0.3, 0.4) is 0 Å². The molecule has 0 radical (unpaired) electrons. The van der Waals surface area contributed by atoms with Gasteiger partial charge in [0.05, 0.1) is 19.7 Å². The van der Waals surface area contributed by atoms with Gasteiger partial charge in [-0.05, 0) is 19.8 Å². The minimum absolute atomic E-state index is 0.0665. The molecule has 1 saturated heterocycles. The molecule has 2 aromatic rings. The van der Waals surface area contributed by atoms with Crippen molar-refractivity contribution in [3.63, 3.8) is 0 Å². The lowest BCUT2D eigenvalue weighted by molar-refractivity contribution is 0.0651. The van der Waals surface area contributed by atoms with E-state index in [-0.39, 0.29) is 6.03 Å². The summed E-state index contributed by atoms with van der Waals surface area (Å²) >= 11 is 0. The van der Waals surface area contributed by atoms with Crippen molar-refractivity contribution in [3.05, 3.63) is 29.1 Å². The molecule has 4 rings (SSSR count). The van der Waals surface area contributed by atoms with Crippen LogP contribution in [0.5, 0.6) is 5.75 Å². The number of rotatable bonds is 4. The maximum atomic E-state index is 12.3. The number of aromatic nitrogens is 3. The molecule has 0 aliphatic carbocycles. The summed E-state index contributed by atoms with van der Waals surface area (Å²) in [5.74, 6) is 2.38. The fraction of sp³-hybridized carbons (Fsp3) is 0.571. The van der Waals surface area contributed by atoms with E-state index in [0.29, 0.717) is 19.1 Å². The van der Waals surface area contributed by atoms with Crippen molar-refractivity contribution in [2.45, 2.75) is 38.8 Å². The van der Waals surface area contributed by atoms with E-state index in [0.717, 1.165) is 61.0 Å². The summed E-state index contributed by atoms with van der Waals surface area (Å²) in [5, 5.41) is 7.78. The second-order valence-electron chi connectivity index (χ2n) is 7.83. The average Bonchev–Trinajstić information content (AvgIpc) is 3.17. The van der Waals surface area contributed by atoms with Gasteiger partial charge in [-0.1, -0.05) is 0 Å². The lowest BCUT2D eigenvalue weighted by Gasteiger charge is -2.30. The van der Waals surface area contributed by atoms with Crippen molar-refractivity contribution < 1.29 is 14.3 Å². The van der Waals surface area contributed by atoms with Gasteiger partial charge in [-0.2, -0.15) is 5.10 Å². The summed E-state index contributed by atoms with van der Waals surface area (Å²) in [6.07, 6.45) is 4.50. The van der Waals surface area contributed by atoms with Gasteiger partial charge in [0, 0.05) is 69.4 Å². The van der Waals surface area contributed by atoms with Crippen molar-refractivity contribution in [1.29, 1.82) is 0 Å². The van der Waals surface area contributed by atoms with Crippen LogP contribution in [-0.2, 0) is 17.7 Å². The first-order chi connectivity index (χ1) is 14.5. The molecule has 1 fully saturated rings. The smallest absolute Gasteiger partial charge is 0.317 e. The van der Waals surface area contributed by atoms with E-state index in [1.807, 2.05) is 36.0 Å². The summed E-state index contributed by atoms with van der Waals surface area (Å²) in [6.45, 7) is 4.69. The Balaban J connectivity index is 1.74. The highest BCUT2D eigenvalue weighted by atomic mass is 16.5. The molecular weight excluding hydrogens is 384 g/mol. The first kappa shape index (κ1) is 20.5. The number of amides is 2. The van der Waals surface area contributed by atoms with Gasteiger partial charge in [0.1, 0.15) is 11.6 Å². The van der Waals surface area contributed by atoms with E-state index in [4.69, 9.17) is 14.6 Å². The van der Waals surface area contributed by atoms with Gasteiger partial charge in [0.15, 0.2) is 5.82 Å². The van der Waals surface area contributed by atoms with Gasteiger partial charge in [0.2, 0.25) is 0 Å². The van der Waals surface area contributed by atoms with Crippen molar-refractivity contribution in [2.75, 3.05) is 45.9 Å². The predicted molar refractivity (Wildman–Crippen MR) is 113 cm³/mol. The Bertz CT molecular complexity index is 922. The zero-order chi connectivity index (χ0) is 21.3. The first-order valence-corrected chi connectivity index (χ1v) is 10.4. The van der Waals surface area contributed by atoms with Crippen LogP contribution < -0.4 is 15.0 Å². The second kappa shape index (κ2) is 8.51. The Labute approximate surface area is 177 Å². The Morgan fingerprint density at radius 3 is 2.83 bits per heavy atom. The minimum atomic E-state index is -0.0665. The summed E-state index contributed by atoms with van der Waals surface area (Å²) in [4.78, 5) is 20.7. The number of anilines is 2. The van der Waals surface area contributed by atoms with Gasteiger partial charge < -0.3 is 24.6 Å². The zero-order valence-electron chi connectivity index (χ0n) is 18.1. The molecule has 2 amide bonds. The largest absolute Gasteiger partial charge is 0.496 e. The number of carbonyl (C=O) groups is 1. The van der Waals surface area contributed by atoms with E-state index in [1.54, 1.807) is 14.2 Å². The number of carbonyl (C=O) groups excluding carboxylic acids is 1. The Morgan fingerprint density at radius 1 is 1.37 bits per heavy atom. The lowest BCUT2D eigenvalue weighted by atomic mass is 10.0. The molecule has 0 bridgehead atoms. The molecule has 2 aliphatic rings. The first-order valence-electron chi connectivity index (χ1n) is 10.4. The van der Waals surface area contributed by atoms with E-state index in [2.05, 4.69) is 15.0 Å². The molecule has 9 heteroatoms. The molecule has 9 nitrogen and oxygen atoms in total. The normalized spacial score (nSPS) is 16.9. The van der Waals surface area contributed by atoms with E-state index in [1.165, 1.54) is 5.69 Å². The highest BCUT2D eigenvalue weighted by Crippen LogP contribution is 2.36. The van der Waals surface area contributed by atoms with Crippen molar-refractivity contribution in [3.8, 4) is 5.75 Å². The van der Waals surface area contributed by atoms with E-state index < -0.39 is 0 Å². The van der Waals surface area contributed by atoms with Gasteiger partial charge in [0.25, 0.3) is 0 Å². The molecule has 4 heterocycles. The molecule has 0 atom stereocenters. The van der Waals surface area contributed by atoms with Crippen LogP contribution in [0, 0.1) is 6.92 Å². The van der Waals surface area contributed by atoms with Crippen molar-refractivity contribution >= 4 is 17.7 Å². The fourth-order valence-corrected chi connectivity index (χ4v) is 4.27. The standard InChI is InChI=1S/C21H30N6O3/c1-14-12-23-19(11-18(14)29-4)25(3)20-16-13-26(21(28)22-2)8-5-17(16)27(24-20)15-6-9-30-10-7-15/h11-12,15H,5-10,13H2,1-4H3,(H,22,28). The van der Waals surface area contributed by atoms with Crippen LogP contribution >= 0.6 is 0 Å². The highest BCUT2D eigenvalue weighted by molar-refractivity contribution is 5.75. The molecule has 162 valence electrons. The minimum Gasteiger partial charge on any atom is -0.496 e. The third kappa shape index (κ3) is 3.69. The topological polar surface area (TPSA) is 84.8 Å². The highest BCUT2D eigenvalue weighted by Gasteiger charge is 2.32. The number of methoxy groups -OCH3 is 1. The Kier molecular flexibility index (Phi) is 5.80. The van der Waals surface area contributed by atoms with Gasteiger partial charge >= 0.3 is 6.03 Å². The van der Waals surface area contributed by atoms with E-state index in [9.17, 15) is 4.79 Å². The molecule has 30 heavy (non-hydrogen) atoms. The number of pyridine rings is 1. The number of urea groups is 1. The lowest BCUT2D eigenvalue weighted by Crippen LogP contribution is -2.41. The maximum Gasteiger partial charge on any atom is 0.317 e. The number of aryl methyl sites for hydroxylation is 1. The maximum absolute atomic E-state index is 12.3. The Hall–Kier alpha value is -2.81. The summed E-state index contributed by atoms with van der Waals surface area (Å²) in [5.41, 5.74) is 3.28. The van der Waals surface area contributed by atoms with Crippen LogP contribution in [-0.4, -0.2) is 66.7 Å². The monoisotopic (exact) mass is 414 g/mol. The number of ether oxygens (including phenoxy) is 2. The Morgan fingerprint density at radius 2 is 2.13 bits per heavy atom. The number of fused-ring (bicyclic) bond motifs is 1. The van der Waals surface area contributed by atoms with Gasteiger partial charge in [-0.3, -0.25) is 4.68 Å². The average molecular weight is 415 g/mol. The molecule has 2 aliphatic heterocycles. The molecule has 0 unspecified atom stereocenters. The summed E-state index contributed by atoms with van der Waals surface area (Å²) < 4.78 is 13.2. The van der Waals surface area contributed by atoms with E-state index >= 15 is 0 Å². The van der Waals surface area contributed by atoms with Crippen LogP contribution in [0.25, 0.3) is 0 Å². The van der Waals surface area contributed by atoms with Crippen LogP contribution in [0.1, 0.15) is 35.7 Å². The van der Waals surface area contributed by atoms with Crippen molar-refractivity contribution in [1.82, 2.24) is 25.0 Å². The molecule has 0 aromatic carbocycles. The zero-order valence-corrected chi connectivity index (χ0v) is 18.1. The molecule has 2 aromatic heterocycles. The molecule has 1 N–H and O–H groups in total. The summed E-state index contributed by atoms with van der Waals surface area (Å²) in [6, 6.07) is 2.18. The van der Waals surface area contributed by atoms with Crippen molar-refractivity contribution in [2.24, 2.45) is 0 Å². The molecular formula is C21H30N6O3. The number of nitrogens with one attached hydrogen (secondary N) is 1. The van der Waals surface area contributed by atoms with Crippen LogP contribution in [0.4, 0.5) is 16.4 Å². The third-order valence-electron chi connectivity index (χ3n) is 6.02. The quantitative estimate of drug-likeness (QED) is 0.827. The number of hydrogen-bond donors (Lipinski definition) is 1. The summed E-state index contributed by atoms with van der Waals surface area (Å²) in [7, 11) is 5.29. The van der Waals surface area contributed by atoms with Crippen LogP contribution in [0.2, 0.25) is 0 Å². The predicted octanol–water partition coefficient (Wildman–Crippen LogP) is 2.41. The second-order valence-corrected chi connectivity index (χ2v) is 7.83. The molecule has 0 spiro atoms. The fourth-order valence-electron chi connectivity index (χ4n) is 4.27. The number of nitrogens with zero attached hydrogens (tertiary/aromatic N) is 5. The number of hydrogen-bond acceptors (Lipinski definition) is 6. The van der Waals surface area contributed by atoms with Crippen LogP contribution in [0.15, 0.2) is 12.3 Å². The molecule has 0 saturated carbocycles. The third-order valence-corrected chi connectivity index (χ3v) is 6.02. The van der Waals surface area contributed by atoms with Gasteiger partial charge in [-0.15, -0.1) is 0 Å².